The fourth-order valence-electron chi connectivity index (χ4n) is 1.70. The van der Waals surface area contributed by atoms with Crippen LogP contribution < -0.4 is 5.32 Å². The van der Waals surface area contributed by atoms with E-state index in [0.717, 1.165) is 25.1 Å². The Morgan fingerprint density at radius 1 is 1.50 bits per heavy atom. The topological polar surface area (TPSA) is 29.1 Å². The molecule has 2 nitrogen and oxygen atoms in total. The monoisotopic (exact) mass is 185 g/mol. The third-order valence-electron chi connectivity index (χ3n) is 2.44. The highest BCUT2D eigenvalue weighted by Gasteiger charge is 2.10. The van der Waals surface area contributed by atoms with Crippen LogP contribution in [0.5, 0.6) is 0 Å². The van der Waals surface area contributed by atoms with Gasteiger partial charge in [0.15, 0.2) is 0 Å². The van der Waals surface area contributed by atoms with Gasteiger partial charge in [-0.15, -0.1) is 6.42 Å². The lowest BCUT2D eigenvalue weighted by atomic mass is 9.99. The summed E-state index contributed by atoms with van der Waals surface area (Å²) in [6.07, 6.45) is 7.20. The smallest absolute Gasteiger partial charge is 0.235 e. The van der Waals surface area contributed by atoms with Crippen LogP contribution in [0.25, 0.3) is 0 Å². The molecule has 2 heteroatoms. The molecule has 0 atom stereocenters. The third-order valence-corrected chi connectivity index (χ3v) is 2.44. The van der Waals surface area contributed by atoms with Crippen LogP contribution in [0.1, 0.15) is 22.3 Å². The van der Waals surface area contributed by atoms with Crippen molar-refractivity contribution in [3.63, 3.8) is 0 Å². The first-order chi connectivity index (χ1) is 6.81. The van der Waals surface area contributed by atoms with E-state index >= 15 is 0 Å². The molecule has 0 radical (unpaired) electrons. The zero-order valence-corrected chi connectivity index (χ0v) is 7.84. The van der Waals surface area contributed by atoms with Gasteiger partial charge in [-0.2, -0.15) is 0 Å². The summed E-state index contributed by atoms with van der Waals surface area (Å²) in [4.78, 5) is 11.2. The van der Waals surface area contributed by atoms with E-state index in [4.69, 9.17) is 6.42 Å². The number of carbonyl (C=O) groups excluding carboxylic acids is 1. The van der Waals surface area contributed by atoms with Crippen LogP contribution in [0.4, 0.5) is 5.69 Å². The first-order valence-electron chi connectivity index (χ1n) is 4.69. The Morgan fingerprint density at radius 3 is 3.14 bits per heavy atom. The second-order valence-corrected chi connectivity index (χ2v) is 3.38. The molecule has 0 unspecified atom stereocenters. The van der Waals surface area contributed by atoms with E-state index in [1.165, 1.54) is 5.56 Å². The summed E-state index contributed by atoms with van der Waals surface area (Å²) in [5.41, 5.74) is 2.94. The summed E-state index contributed by atoms with van der Waals surface area (Å²) in [5.74, 6) is 1.89. The molecule has 0 amide bonds. The van der Waals surface area contributed by atoms with Gasteiger partial charge in [-0.25, -0.2) is 0 Å². The van der Waals surface area contributed by atoms with E-state index in [2.05, 4.69) is 11.2 Å². The first-order valence-corrected chi connectivity index (χ1v) is 4.69. The minimum absolute atomic E-state index is 0.238. The Hall–Kier alpha value is -1.75. The van der Waals surface area contributed by atoms with Crippen molar-refractivity contribution >= 4 is 11.5 Å². The number of ketones is 1. The molecule has 1 aliphatic rings. The number of benzene rings is 1. The summed E-state index contributed by atoms with van der Waals surface area (Å²) in [7, 11) is 0. The number of carbonyl (C=O) groups is 1. The number of fused-ring (bicyclic) bond motifs is 1. The maximum absolute atomic E-state index is 11.2. The second-order valence-electron chi connectivity index (χ2n) is 3.38. The number of terminal acetylenes is 1. The molecule has 1 heterocycles. The van der Waals surface area contributed by atoms with Crippen molar-refractivity contribution in [3.8, 4) is 12.3 Å². The molecule has 0 aromatic heterocycles. The standard InChI is InChI=1S/C12H11NO/c1-2-12(14)10-5-6-11-9(8-10)4-3-7-13-11/h1,5-6,8,13H,3-4,7H2. The van der Waals surface area contributed by atoms with Gasteiger partial charge in [0.05, 0.1) is 0 Å². The number of hydrogen-bond acceptors (Lipinski definition) is 2. The summed E-state index contributed by atoms with van der Waals surface area (Å²) in [5, 5.41) is 3.28. The lowest BCUT2D eigenvalue weighted by Crippen LogP contribution is -2.12. The summed E-state index contributed by atoms with van der Waals surface area (Å²) in [6, 6.07) is 5.60. The Kier molecular flexibility index (Phi) is 2.24. The maximum Gasteiger partial charge on any atom is 0.235 e. The van der Waals surface area contributed by atoms with Crippen molar-refractivity contribution < 1.29 is 4.79 Å². The number of nitrogens with one attached hydrogen (secondary N) is 1. The fraction of sp³-hybridized carbons (Fsp3) is 0.250. The summed E-state index contributed by atoms with van der Waals surface area (Å²) < 4.78 is 0. The van der Waals surface area contributed by atoms with E-state index in [0.29, 0.717) is 5.56 Å². The lowest BCUT2D eigenvalue weighted by Gasteiger charge is -2.17. The van der Waals surface area contributed by atoms with Gasteiger partial charge >= 0.3 is 0 Å². The van der Waals surface area contributed by atoms with Crippen molar-refractivity contribution in [1.29, 1.82) is 0 Å². The summed E-state index contributed by atoms with van der Waals surface area (Å²) >= 11 is 0. The Morgan fingerprint density at radius 2 is 2.36 bits per heavy atom. The van der Waals surface area contributed by atoms with Crippen LogP contribution in [0.15, 0.2) is 18.2 Å². The minimum Gasteiger partial charge on any atom is -0.385 e. The normalized spacial score (nSPS) is 13.6. The molecule has 0 saturated carbocycles. The highest BCUT2D eigenvalue weighted by molar-refractivity contribution is 6.08. The van der Waals surface area contributed by atoms with Crippen molar-refractivity contribution in [2.24, 2.45) is 0 Å². The van der Waals surface area contributed by atoms with Crippen LogP contribution in [-0.4, -0.2) is 12.3 Å². The molecule has 1 aromatic carbocycles. The van der Waals surface area contributed by atoms with Gasteiger partial charge in [0.25, 0.3) is 0 Å². The third kappa shape index (κ3) is 1.49. The Balaban J connectivity index is 2.39. The quantitative estimate of drug-likeness (QED) is 0.411. The number of rotatable bonds is 1. The number of anilines is 1. The molecule has 1 N–H and O–H groups in total. The molecule has 14 heavy (non-hydrogen) atoms. The van der Waals surface area contributed by atoms with Gasteiger partial charge in [0.1, 0.15) is 0 Å². The molecule has 0 aliphatic carbocycles. The van der Waals surface area contributed by atoms with Crippen molar-refractivity contribution in [1.82, 2.24) is 0 Å². The van der Waals surface area contributed by atoms with Gasteiger partial charge < -0.3 is 5.32 Å². The lowest BCUT2D eigenvalue weighted by molar-refractivity contribution is 0.105. The number of hydrogen-bond donors (Lipinski definition) is 1. The molecule has 0 saturated heterocycles. The molecule has 70 valence electrons. The average Bonchev–Trinajstić information content (AvgIpc) is 2.27. The fourth-order valence-corrected chi connectivity index (χ4v) is 1.70. The second kappa shape index (κ2) is 3.55. The molecular weight excluding hydrogens is 174 g/mol. The summed E-state index contributed by atoms with van der Waals surface area (Å²) in [6.45, 7) is 1.01. The number of aryl methyl sites for hydroxylation is 1. The highest BCUT2D eigenvalue weighted by atomic mass is 16.1. The van der Waals surface area contributed by atoms with E-state index in [-0.39, 0.29) is 5.78 Å². The Bertz CT molecular complexity index is 415. The molecule has 0 spiro atoms. The molecule has 1 aliphatic heterocycles. The molecular formula is C12H11NO. The van der Waals surface area contributed by atoms with Crippen molar-refractivity contribution in [2.45, 2.75) is 12.8 Å². The minimum atomic E-state index is -0.238. The van der Waals surface area contributed by atoms with Gasteiger partial charge in [0, 0.05) is 17.8 Å². The van der Waals surface area contributed by atoms with E-state index in [9.17, 15) is 4.79 Å². The Labute approximate surface area is 83.3 Å². The van der Waals surface area contributed by atoms with E-state index in [1.54, 1.807) is 6.07 Å². The van der Waals surface area contributed by atoms with Gasteiger partial charge in [0.2, 0.25) is 5.78 Å². The van der Waals surface area contributed by atoms with Crippen LogP contribution in [0, 0.1) is 12.3 Å². The molecule has 1 aromatic rings. The van der Waals surface area contributed by atoms with Crippen molar-refractivity contribution in [3.05, 3.63) is 29.3 Å². The zero-order valence-electron chi connectivity index (χ0n) is 7.84. The van der Waals surface area contributed by atoms with Gasteiger partial charge in [-0.05, 0) is 42.5 Å². The van der Waals surface area contributed by atoms with Crippen LogP contribution in [0.3, 0.4) is 0 Å². The van der Waals surface area contributed by atoms with E-state index in [1.807, 2.05) is 12.1 Å². The van der Waals surface area contributed by atoms with Crippen LogP contribution in [0.2, 0.25) is 0 Å². The SMILES string of the molecule is C#CC(=O)c1ccc2c(c1)CCCN2. The largest absolute Gasteiger partial charge is 0.385 e. The molecule has 0 fully saturated rings. The maximum atomic E-state index is 11.2. The van der Waals surface area contributed by atoms with Gasteiger partial charge in [-0.3, -0.25) is 4.79 Å². The molecule has 2 rings (SSSR count). The first kappa shape index (κ1) is 8.83. The predicted octanol–water partition coefficient (Wildman–Crippen LogP) is 1.86. The highest BCUT2D eigenvalue weighted by Crippen LogP contribution is 2.22. The number of Topliss-reactive ketones (excluding diaryl/α,β-unsaturated/α-hetero) is 1. The average molecular weight is 185 g/mol. The van der Waals surface area contributed by atoms with E-state index < -0.39 is 0 Å². The van der Waals surface area contributed by atoms with Crippen LogP contribution in [-0.2, 0) is 6.42 Å². The van der Waals surface area contributed by atoms with Gasteiger partial charge in [-0.1, -0.05) is 0 Å². The van der Waals surface area contributed by atoms with Crippen molar-refractivity contribution in [2.75, 3.05) is 11.9 Å². The van der Waals surface area contributed by atoms with Crippen LogP contribution >= 0.6 is 0 Å². The molecule has 0 bridgehead atoms. The predicted molar refractivity (Wildman–Crippen MR) is 56.4 cm³/mol. The zero-order chi connectivity index (χ0) is 9.97.